The van der Waals surface area contributed by atoms with Gasteiger partial charge in [-0.2, -0.15) is 0 Å². The Labute approximate surface area is 121 Å². The van der Waals surface area contributed by atoms with Crippen LogP contribution < -0.4 is 5.32 Å². The van der Waals surface area contributed by atoms with Crippen molar-refractivity contribution >= 4 is 44.0 Å². The van der Waals surface area contributed by atoms with E-state index in [1.165, 1.54) is 11.1 Å². The number of fused-ring (bicyclic) bond motifs is 1. The predicted molar refractivity (Wildman–Crippen MR) is 83.8 cm³/mol. The van der Waals surface area contributed by atoms with Gasteiger partial charge in [-0.05, 0) is 49.2 Å². The molecule has 0 aliphatic carbocycles. The van der Waals surface area contributed by atoms with E-state index in [1.54, 1.807) is 11.3 Å². The Morgan fingerprint density at radius 2 is 2.00 bits per heavy atom. The van der Waals surface area contributed by atoms with Crippen molar-refractivity contribution in [1.29, 1.82) is 0 Å². The van der Waals surface area contributed by atoms with E-state index in [2.05, 4.69) is 42.3 Å². The summed E-state index contributed by atoms with van der Waals surface area (Å²) in [5.74, 6) is 0. The number of benzene rings is 2. The zero-order valence-electron chi connectivity index (χ0n) is 10.7. The van der Waals surface area contributed by atoms with E-state index >= 15 is 0 Å². The molecular formula is C15H13ClN2S. The predicted octanol–water partition coefficient (Wildman–Crippen LogP) is 5.31. The largest absolute Gasteiger partial charge is 0.331 e. The zero-order chi connectivity index (χ0) is 13.4. The first-order valence-electron chi connectivity index (χ1n) is 6.03. The Kier molecular flexibility index (Phi) is 3.17. The maximum absolute atomic E-state index is 5.99. The minimum atomic E-state index is 0.745. The fourth-order valence-corrected chi connectivity index (χ4v) is 3.11. The van der Waals surface area contributed by atoms with Gasteiger partial charge in [-0.15, -0.1) is 0 Å². The number of anilines is 2. The number of thiazole rings is 1. The van der Waals surface area contributed by atoms with Crippen molar-refractivity contribution in [1.82, 2.24) is 4.98 Å². The number of nitrogens with zero attached hydrogens (tertiary/aromatic N) is 1. The van der Waals surface area contributed by atoms with Crippen LogP contribution in [0.15, 0.2) is 36.4 Å². The van der Waals surface area contributed by atoms with Crippen LogP contribution in [0, 0.1) is 13.8 Å². The molecular weight excluding hydrogens is 276 g/mol. The molecule has 2 aromatic carbocycles. The van der Waals surface area contributed by atoms with Crippen LogP contribution in [-0.4, -0.2) is 4.98 Å². The molecule has 0 saturated carbocycles. The molecule has 19 heavy (non-hydrogen) atoms. The highest BCUT2D eigenvalue weighted by Crippen LogP contribution is 2.31. The second-order valence-corrected chi connectivity index (χ2v) is 5.97. The standard InChI is InChI=1S/C15H13ClN2S/c1-9-4-3-5-12(10(9)2)17-15-18-13-7-6-11(16)8-14(13)19-15/h3-8H,1-2H3,(H,17,18). The SMILES string of the molecule is Cc1cccc(Nc2nc3ccc(Cl)cc3s2)c1C. The van der Waals surface area contributed by atoms with Gasteiger partial charge >= 0.3 is 0 Å². The van der Waals surface area contributed by atoms with Gasteiger partial charge in [-0.1, -0.05) is 35.1 Å². The molecule has 0 amide bonds. The summed E-state index contributed by atoms with van der Waals surface area (Å²) < 4.78 is 1.10. The van der Waals surface area contributed by atoms with Gasteiger partial charge in [0.15, 0.2) is 5.13 Å². The van der Waals surface area contributed by atoms with E-state index in [0.29, 0.717) is 0 Å². The van der Waals surface area contributed by atoms with Crippen LogP contribution in [0.4, 0.5) is 10.8 Å². The number of hydrogen-bond donors (Lipinski definition) is 1. The summed E-state index contributed by atoms with van der Waals surface area (Å²) in [6.45, 7) is 4.22. The molecule has 0 spiro atoms. The van der Waals surface area contributed by atoms with Crippen molar-refractivity contribution in [2.24, 2.45) is 0 Å². The van der Waals surface area contributed by atoms with Gasteiger partial charge in [0.1, 0.15) is 0 Å². The summed E-state index contributed by atoms with van der Waals surface area (Å²) in [6.07, 6.45) is 0. The lowest BCUT2D eigenvalue weighted by atomic mass is 10.1. The van der Waals surface area contributed by atoms with E-state index < -0.39 is 0 Å². The lowest BCUT2D eigenvalue weighted by Gasteiger charge is -2.08. The van der Waals surface area contributed by atoms with E-state index in [9.17, 15) is 0 Å². The number of hydrogen-bond acceptors (Lipinski definition) is 3. The molecule has 3 aromatic rings. The van der Waals surface area contributed by atoms with Gasteiger partial charge in [0.25, 0.3) is 0 Å². The number of halogens is 1. The van der Waals surface area contributed by atoms with Crippen molar-refractivity contribution in [3.63, 3.8) is 0 Å². The topological polar surface area (TPSA) is 24.9 Å². The summed E-state index contributed by atoms with van der Waals surface area (Å²) in [4.78, 5) is 4.57. The second-order valence-electron chi connectivity index (χ2n) is 4.50. The summed E-state index contributed by atoms with van der Waals surface area (Å²) >= 11 is 7.61. The molecule has 1 N–H and O–H groups in total. The lowest BCUT2D eigenvalue weighted by Crippen LogP contribution is -1.93. The van der Waals surface area contributed by atoms with Crippen molar-refractivity contribution in [2.45, 2.75) is 13.8 Å². The zero-order valence-corrected chi connectivity index (χ0v) is 12.3. The van der Waals surface area contributed by atoms with Crippen molar-refractivity contribution in [3.05, 3.63) is 52.5 Å². The first kappa shape index (κ1) is 12.5. The lowest BCUT2D eigenvalue weighted by molar-refractivity contribution is 1.32. The van der Waals surface area contributed by atoms with Gasteiger partial charge < -0.3 is 5.32 Å². The first-order chi connectivity index (χ1) is 9.13. The maximum atomic E-state index is 5.99. The molecule has 0 aliphatic heterocycles. The fraction of sp³-hybridized carbons (Fsp3) is 0.133. The summed E-state index contributed by atoms with van der Waals surface area (Å²) in [7, 11) is 0. The molecule has 96 valence electrons. The second kappa shape index (κ2) is 4.83. The summed E-state index contributed by atoms with van der Waals surface area (Å²) in [5, 5.41) is 5.03. The Morgan fingerprint density at radius 3 is 2.84 bits per heavy atom. The quantitative estimate of drug-likeness (QED) is 0.691. The fourth-order valence-electron chi connectivity index (χ4n) is 1.95. The van der Waals surface area contributed by atoms with Crippen LogP contribution in [0.3, 0.4) is 0 Å². The molecule has 0 atom stereocenters. The molecule has 4 heteroatoms. The van der Waals surface area contributed by atoms with Gasteiger partial charge in [-0.3, -0.25) is 0 Å². The average Bonchev–Trinajstić information content (AvgIpc) is 2.76. The third kappa shape index (κ3) is 2.44. The Bertz CT molecular complexity index is 749. The van der Waals surface area contributed by atoms with Crippen molar-refractivity contribution in [2.75, 3.05) is 5.32 Å². The highest BCUT2D eigenvalue weighted by atomic mass is 35.5. The van der Waals surface area contributed by atoms with Gasteiger partial charge in [-0.25, -0.2) is 4.98 Å². The van der Waals surface area contributed by atoms with E-state index in [1.807, 2.05) is 18.2 Å². The smallest absolute Gasteiger partial charge is 0.188 e. The number of nitrogens with one attached hydrogen (secondary N) is 1. The van der Waals surface area contributed by atoms with E-state index in [4.69, 9.17) is 11.6 Å². The molecule has 1 aromatic heterocycles. The monoisotopic (exact) mass is 288 g/mol. The minimum Gasteiger partial charge on any atom is -0.331 e. The first-order valence-corrected chi connectivity index (χ1v) is 7.22. The third-order valence-electron chi connectivity index (χ3n) is 3.20. The van der Waals surface area contributed by atoms with Crippen molar-refractivity contribution < 1.29 is 0 Å². The highest BCUT2D eigenvalue weighted by molar-refractivity contribution is 7.22. The van der Waals surface area contributed by atoms with Crippen LogP contribution in [0.5, 0.6) is 0 Å². The minimum absolute atomic E-state index is 0.745. The van der Waals surface area contributed by atoms with Crippen molar-refractivity contribution in [3.8, 4) is 0 Å². The Balaban J connectivity index is 1.99. The molecule has 1 heterocycles. The molecule has 0 aliphatic rings. The third-order valence-corrected chi connectivity index (χ3v) is 4.37. The molecule has 3 rings (SSSR count). The molecule has 2 nitrogen and oxygen atoms in total. The van der Waals surface area contributed by atoms with Crippen LogP contribution in [-0.2, 0) is 0 Å². The van der Waals surface area contributed by atoms with Crippen LogP contribution in [0.25, 0.3) is 10.2 Å². The maximum Gasteiger partial charge on any atom is 0.188 e. The highest BCUT2D eigenvalue weighted by Gasteiger charge is 2.06. The number of aryl methyl sites for hydroxylation is 1. The van der Waals surface area contributed by atoms with Gasteiger partial charge in [0.05, 0.1) is 10.2 Å². The van der Waals surface area contributed by atoms with E-state index in [-0.39, 0.29) is 0 Å². The molecule has 0 radical (unpaired) electrons. The summed E-state index contributed by atoms with van der Waals surface area (Å²) in [6, 6.07) is 12.0. The normalized spacial score (nSPS) is 10.9. The van der Waals surface area contributed by atoms with Gasteiger partial charge in [0.2, 0.25) is 0 Å². The molecule has 0 unspecified atom stereocenters. The molecule has 0 fully saturated rings. The van der Waals surface area contributed by atoms with Crippen LogP contribution in [0.2, 0.25) is 5.02 Å². The molecule has 0 saturated heterocycles. The van der Waals surface area contributed by atoms with Crippen LogP contribution >= 0.6 is 22.9 Å². The Morgan fingerprint density at radius 1 is 1.16 bits per heavy atom. The number of rotatable bonds is 2. The number of aromatic nitrogens is 1. The summed E-state index contributed by atoms with van der Waals surface area (Å²) in [5.41, 5.74) is 4.60. The average molecular weight is 289 g/mol. The van der Waals surface area contributed by atoms with Crippen LogP contribution in [0.1, 0.15) is 11.1 Å². The van der Waals surface area contributed by atoms with E-state index in [0.717, 1.165) is 26.1 Å². The molecule has 0 bridgehead atoms. The Hall–Kier alpha value is -1.58. The van der Waals surface area contributed by atoms with Gasteiger partial charge in [0, 0.05) is 10.7 Å².